The van der Waals surface area contributed by atoms with Gasteiger partial charge in [-0.3, -0.25) is 4.98 Å². The number of benzene rings is 6. The Morgan fingerprint density at radius 2 is 1.11 bits per heavy atom. The van der Waals surface area contributed by atoms with E-state index in [-0.39, 0.29) is 0 Å². The summed E-state index contributed by atoms with van der Waals surface area (Å²) in [4.78, 5) is 6.64. The van der Waals surface area contributed by atoms with E-state index in [1.165, 1.54) is 27.4 Å². The van der Waals surface area contributed by atoms with Gasteiger partial charge in [0, 0.05) is 56.6 Å². The van der Waals surface area contributed by atoms with Crippen LogP contribution in [0.25, 0.3) is 60.6 Å². The fourth-order valence-electron chi connectivity index (χ4n) is 6.66. The summed E-state index contributed by atoms with van der Waals surface area (Å²) in [6, 6.07) is 53.7. The molecule has 0 spiro atoms. The molecule has 0 saturated carbocycles. The van der Waals surface area contributed by atoms with E-state index in [9.17, 15) is 0 Å². The minimum Gasteiger partial charge on any atom is -0.456 e. The standard InChI is InChI=1S/C41H27N3O/c1-2-10-29(11-3-1)43(31-22-23-40-35(26-31)36-27-42-25-24-41(36)45-40)30-20-18-28(19-21-30)32-12-4-7-15-37(32)44-38-16-8-5-13-33(38)34-14-6-9-17-39(34)44/h1-27H. The van der Waals surface area contributed by atoms with Crippen molar-refractivity contribution in [2.75, 3.05) is 4.90 Å². The summed E-state index contributed by atoms with van der Waals surface area (Å²) in [5, 5.41) is 4.58. The highest BCUT2D eigenvalue weighted by molar-refractivity contribution is 6.10. The first kappa shape index (κ1) is 25.4. The van der Waals surface area contributed by atoms with Crippen LogP contribution in [0.3, 0.4) is 0 Å². The summed E-state index contributed by atoms with van der Waals surface area (Å²) in [6.07, 6.45) is 3.64. The number of hydrogen-bond donors (Lipinski definition) is 0. The smallest absolute Gasteiger partial charge is 0.138 e. The molecule has 9 rings (SSSR count). The van der Waals surface area contributed by atoms with Crippen molar-refractivity contribution in [1.82, 2.24) is 9.55 Å². The number of pyridine rings is 1. The Morgan fingerprint density at radius 3 is 1.89 bits per heavy atom. The quantitative estimate of drug-likeness (QED) is 0.204. The van der Waals surface area contributed by atoms with E-state index < -0.39 is 0 Å². The van der Waals surface area contributed by atoms with Crippen molar-refractivity contribution in [2.24, 2.45) is 0 Å². The van der Waals surface area contributed by atoms with Gasteiger partial charge in [-0.15, -0.1) is 0 Å². The molecule has 0 fully saturated rings. The van der Waals surface area contributed by atoms with Gasteiger partial charge in [-0.2, -0.15) is 0 Å². The van der Waals surface area contributed by atoms with Gasteiger partial charge in [0.25, 0.3) is 0 Å². The van der Waals surface area contributed by atoms with Gasteiger partial charge in [0.15, 0.2) is 0 Å². The first-order chi connectivity index (χ1) is 22.3. The van der Waals surface area contributed by atoms with Crippen LogP contribution in [0.4, 0.5) is 17.1 Å². The highest BCUT2D eigenvalue weighted by Gasteiger charge is 2.18. The van der Waals surface area contributed by atoms with Crippen LogP contribution in [-0.2, 0) is 0 Å². The van der Waals surface area contributed by atoms with Crippen LogP contribution in [0, 0.1) is 0 Å². The summed E-state index contributed by atoms with van der Waals surface area (Å²) in [5.41, 5.74) is 10.8. The van der Waals surface area contributed by atoms with Crippen molar-refractivity contribution in [3.63, 3.8) is 0 Å². The third-order valence-corrected chi connectivity index (χ3v) is 8.69. The molecule has 0 aliphatic rings. The predicted octanol–water partition coefficient (Wildman–Crippen LogP) is 11.2. The number of rotatable bonds is 5. The Labute approximate surface area is 260 Å². The molecule has 6 aromatic carbocycles. The van der Waals surface area contributed by atoms with Crippen molar-refractivity contribution in [3.8, 4) is 16.8 Å². The molecule has 0 amide bonds. The highest BCUT2D eigenvalue weighted by atomic mass is 16.3. The fraction of sp³-hybridized carbons (Fsp3) is 0. The Balaban J connectivity index is 1.18. The second-order valence-corrected chi connectivity index (χ2v) is 11.3. The Hall–Kier alpha value is -6.13. The Bertz CT molecular complexity index is 2440. The Morgan fingerprint density at radius 1 is 0.489 bits per heavy atom. The van der Waals surface area contributed by atoms with E-state index >= 15 is 0 Å². The van der Waals surface area contributed by atoms with Crippen LogP contribution in [0.1, 0.15) is 0 Å². The SMILES string of the molecule is c1ccc(N(c2ccc(-c3ccccc3-n3c4ccccc4c4ccccc43)cc2)c2ccc3oc4ccncc4c3c2)cc1. The monoisotopic (exact) mass is 577 g/mol. The molecule has 4 nitrogen and oxygen atoms in total. The second-order valence-electron chi connectivity index (χ2n) is 11.3. The molecular formula is C41H27N3O. The zero-order valence-corrected chi connectivity index (χ0v) is 24.3. The van der Waals surface area contributed by atoms with Gasteiger partial charge in [-0.1, -0.05) is 84.9 Å². The molecule has 0 bridgehead atoms. The summed E-state index contributed by atoms with van der Waals surface area (Å²) < 4.78 is 8.49. The van der Waals surface area contributed by atoms with Crippen LogP contribution >= 0.6 is 0 Å². The van der Waals surface area contributed by atoms with Crippen molar-refractivity contribution in [1.29, 1.82) is 0 Å². The van der Waals surface area contributed by atoms with Crippen LogP contribution in [0.15, 0.2) is 168 Å². The zero-order chi connectivity index (χ0) is 29.7. The molecule has 0 N–H and O–H groups in total. The van der Waals surface area contributed by atoms with Crippen LogP contribution < -0.4 is 4.90 Å². The minimum absolute atomic E-state index is 0.842. The topological polar surface area (TPSA) is 34.2 Å². The zero-order valence-electron chi connectivity index (χ0n) is 24.3. The second kappa shape index (κ2) is 10.2. The van der Waals surface area contributed by atoms with Crippen molar-refractivity contribution in [3.05, 3.63) is 164 Å². The number of furan rings is 1. The van der Waals surface area contributed by atoms with Gasteiger partial charge >= 0.3 is 0 Å². The average Bonchev–Trinajstić information content (AvgIpc) is 3.65. The fourth-order valence-corrected chi connectivity index (χ4v) is 6.66. The largest absolute Gasteiger partial charge is 0.456 e. The summed E-state index contributed by atoms with van der Waals surface area (Å²) in [6.45, 7) is 0. The van der Waals surface area contributed by atoms with E-state index in [0.717, 1.165) is 50.3 Å². The minimum atomic E-state index is 0.842. The summed E-state index contributed by atoms with van der Waals surface area (Å²) in [7, 11) is 0. The van der Waals surface area contributed by atoms with E-state index in [2.05, 4.69) is 160 Å². The van der Waals surface area contributed by atoms with Crippen LogP contribution in [0.5, 0.6) is 0 Å². The number of aromatic nitrogens is 2. The van der Waals surface area contributed by atoms with Gasteiger partial charge < -0.3 is 13.9 Å². The lowest BCUT2D eigenvalue weighted by Crippen LogP contribution is -2.09. The molecule has 0 radical (unpaired) electrons. The van der Waals surface area contributed by atoms with E-state index in [1.54, 1.807) is 6.20 Å². The molecule has 45 heavy (non-hydrogen) atoms. The normalized spacial score (nSPS) is 11.6. The van der Waals surface area contributed by atoms with Gasteiger partial charge in [0.05, 0.1) is 16.7 Å². The highest BCUT2D eigenvalue weighted by Crippen LogP contribution is 2.40. The molecule has 4 heteroatoms. The molecule has 0 aliphatic carbocycles. The van der Waals surface area contributed by atoms with Gasteiger partial charge in [-0.25, -0.2) is 0 Å². The third kappa shape index (κ3) is 4.11. The lowest BCUT2D eigenvalue weighted by atomic mass is 10.0. The molecule has 9 aromatic rings. The summed E-state index contributed by atoms with van der Waals surface area (Å²) in [5.74, 6) is 0. The molecular weight excluding hydrogens is 550 g/mol. The maximum Gasteiger partial charge on any atom is 0.138 e. The van der Waals surface area contributed by atoms with E-state index in [0.29, 0.717) is 0 Å². The molecule has 212 valence electrons. The summed E-state index contributed by atoms with van der Waals surface area (Å²) >= 11 is 0. The Kier molecular flexibility index (Phi) is 5.78. The number of anilines is 3. The number of para-hydroxylation sites is 4. The molecule has 0 atom stereocenters. The maximum absolute atomic E-state index is 6.10. The van der Waals surface area contributed by atoms with Crippen LogP contribution in [-0.4, -0.2) is 9.55 Å². The maximum atomic E-state index is 6.10. The predicted molar refractivity (Wildman–Crippen MR) is 186 cm³/mol. The van der Waals surface area contributed by atoms with Gasteiger partial charge in [-0.05, 0) is 72.3 Å². The molecule has 0 unspecified atom stereocenters. The molecule has 3 aromatic heterocycles. The molecule has 3 heterocycles. The van der Waals surface area contributed by atoms with Crippen molar-refractivity contribution < 1.29 is 4.42 Å². The van der Waals surface area contributed by atoms with Crippen molar-refractivity contribution >= 4 is 60.8 Å². The van der Waals surface area contributed by atoms with Gasteiger partial charge in [0.2, 0.25) is 0 Å². The lowest BCUT2D eigenvalue weighted by molar-refractivity contribution is 0.668. The van der Waals surface area contributed by atoms with E-state index in [4.69, 9.17) is 4.42 Å². The number of fused-ring (bicyclic) bond motifs is 6. The molecule has 0 aliphatic heterocycles. The molecule has 0 saturated heterocycles. The lowest BCUT2D eigenvalue weighted by Gasteiger charge is -2.26. The number of hydrogen-bond acceptors (Lipinski definition) is 3. The first-order valence-corrected chi connectivity index (χ1v) is 15.1. The van der Waals surface area contributed by atoms with E-state index in [1.807, 2.05) is 12.3 Å². The number of nitrogens with zero attached hydrogens (tertiary/aromatic N) is 3. The van der Waals surface area contributed by atoms with Crippen molar-refractivity contribution in [2.45, 2.75) is 0 Å². The first-order valence-electron chi connectivity index (χ1n) is 15.1. The third-order valence-electron chi connectivity index (χ3n) is 8.69. The van der Waals surface area contributed by atoms with Gasteiger partial charge in [0.1, 0.15) is 11.2 Å². The average molecular weight is 578 g/mol. The van der Waals surface area contributed by atoms with Crippen LogP contribution in [0.2, 0.25) is 0 Å².